The standard InChI is InChI=1S/C7H11N5O2/c1-14-5(4-8)6(13)11-7-9-2-3-10-12-7/h2-3,5H,4,8H2,1H3,(H,9,11,12,13). The van der Waals surface area contributed by atoms with Gasteiger partial charge in [-0.05, 0) is 0 Å². The van der Waals surface area contributed by atoms with Crippen molar-refractivity contribution in [2.75, 3.05) is 19.0 Å². The lowest BCUT2D eigenvalue weighted by atomic mass is 10.3. The zero-order chi connectivity index (χ0) is 10.4. The number of amides is 1. The number of aromatic nitrogens is 3. The highest BCUT2D eigenvalue weighted by Gasteiger charge is 2.16. The minimum Gasteiger partial charge on any atom is -0.370 e. The van der Waals surface area contributed by atoms with E-state index in [2.05, 4.69) is 20.5 Å². The highest BCUT2D eigenvalue weighted by molar-refractivity contribution is 5.92. The van der Waals surface area contributed by atoms with E-state index in [1.165, 1.54) is 19.5 Å². The summed E-state index contributed by atoms with van der Waals surface area (Å²) in [6, 6.07) is 0. The number of carbonyl (C=O) groups excluding carboxylic acids is 1. The number of hydrogen-bond acceptors (Lipinski definition) is 6. The molecule has 0 aliphatic rings. The molecule has 1 heterocycles. The van der Waals surface area contributed by atoms with Gasteiger partial charge < -0.3 is 10.5 Å². The Hall–Kier alpha value is -1.60. The molecular weight excluding hydrogens is 186 g/mol. The molecule has 0 aliphatic carbocycles. The van der Waals surface area contributed by atoms with Crippen molar-refractivity contribution in [2.24, 2.45) is 5.73 Å². The topological polar surface area (TPSA) is 103 Å². The first-order chi connectivity index (χ1) is 6.77. The number of rotatable bonds is 4. The molecule has 0 aromatic carbocycles. The summed E-state index contributed by atoms with van der Waals surface area (Å²) in [5, 5.41) is 9.54. The van der Waals surface area contributed by atoms with Gasteiger partial charge in [-0.2, -0.15) is 5.10 Å². The van der Waals surface area contributed by atoms with Crippen LogP contribution >= 0.6 is 0 Å². The quantitative estimate of drug-likeness (QED) is 0.627. The van der Waals surface area contributed by atoms with E-state index in [0.29, 0.717) is 0 Å². The van der Waals surface area contributed by atoms with Crippen LogP contribution < -0.4 is 11.1 Å². The first-order valence-corrected chi connectivity index (χ1v) is 3.95. The van der Waals surface area contributed by atoms with Gasteiger partial charge in [0.15, 0.2) is 0 Å². The zero-order valence-electron chi connectivity index (χ0n) is 7.67. The van der Waals surface area contributed by atoms with Crippen LogP contribution in [0.1, 0.15) is 0 Å². The number of nitrogens with one attached hydrogen (secondary N) is 1. The van der Waals surface area contributed by atoms with Gasteiger partial charge in [-0.1, -0.05) is 0 Å². The van der Waals surface area contributed by atoms with Crippen LogP contribution in [-0.4, -0.2) is 40.8 Å². The Morgan fingerprint density at radius 3 is 3.00 bits per heavy atom. The molecule has 0 saturated carbocycles. The highest BCUT2D eigenvalue weighted by atomic mass is 16.5. The number of ether oxygens (including phenoxy) is 1. The Balaban J connectivity index is 2.57. The Labute approximate surface area is 80.7 Å². The Kier molecular flexibility index (Phi) is 3.89. The predicted octanol–water partition coefficient (Wildman–Crippen LogP) is -1.22. The Morgan fingerprint density at radius 1 is 1.71 bits per heavy atom. The zero-order valence-corrected chi connectivity index (χ0v) is 7.67. The molecular formula is C7H11N5O2. The van der Waals surface area contributed by atoms with Crippen molar-refractivity contribution in [2.45, 2.75) is 6.10 Å². The van der Waals surface area contributed by atoms with Crippen molar-refractivity contribution >= 4 is 11.9 Å². The lowest BCUT2D eigenvalue weighted by Gasteiger charge is -2.11. The van der Waals surface area contributed by atoms with Crippen molar-refractivity contribution in [1.82, 2.24) is 15.2 Å². The van der Waals surface area contributed by atoms with Gasteiger partial charge in [-0.25, -0.2) is 4.98 Å². The van der Waals surface area contributed by atoms with Gasteiger partial charge in [0.05, 0.1) is 12.4 Å². The fourth-order valence-electron chi connectivity index (χ4n) is 0.806. The van der Waals surface area contributed by atoms with E-state index in [-0.39, 0.29) is 18.4 Å². The normalized spacial score (nSPS) is 12.1. The van der Waals surface area contributed by atoms with Gasteiger partial charge in [0.25, 0.3) is 5.91 Å². The predicted molar refractivity (Wildman–Crippen MR) is 48.3 cm³/mol. The van der Waals surface area contributed by atoms with Crippen LogP contribution in [0.4, 0.5) is 5.95 Å². The second kappa shape index (κ2) is 5.20. The smallest absolute Gasteiger partial charge is 0.257 e. The third-order valence-corrected chi connectivity index (χ3v) is 1.51. The second-order valence-corrected chi connectivity index (χ2v) is 2.42. The fourth-order valence-corrected chi connectivity index (χ4v) is 0.806. The molecule has 1 unspecified atom stereocenters. The average Bonchev–Trinajstić information content (AvgIpc) is 2.21. The van der Waals surface area contributed by atoms with E-state index in [9.17, 15) is 4.79 Å². The molecule has 1 aromatic rings. The molecule has 76 valence electrons. The van der Waals surface area contributed by atoms with E-state index >= 15 is 0 Å². The van der Waals surface area contributed by atoms with E-state index in [4.69, 9.17) is 10.5 Å². The van der Waals surface area contributed by atoms with Crippen LogP contribution in [0.3, 0.4) is 0 Å². The number of nitrogens with two attached hydrogens (primary N) is 1. The maximum atomic E-state index is 11.4. The number of hydrogen-bond donors (Lipinski definition) is 2. The summed E-state index contributed by atoms with van der Waals surface area (Å²) in [5.41, 5.74) is 5.30. The number of anilines is 1. The first-order valence-electron chi connectivity index (χ1n) is 3.95. The monoisotopic (exact) mass is 197 g/mol. The molecule has 0 aliphatic heterocycles. The second-order valence-electron chi connectivity index (χ2n) is 2.42. The Morgan fingerprint density at radius 2 is 2.50 bits per heavy atom. The van der Waals surface area contributed by atoms with Crippen molar-refractivity contribution in [3.8, 4) is 0 Å². The molecule has 1 aromatic heterocycles. The lowest BCUT2D eigenvalue weighted by molar-refractivity contribution is -0.125. The van der Waals surface area contributed by atoms with Crippen molar-refractivity contribution < 1.29 is 9.53 Å². The molecule has 7 nitrogen and oxygen atoms in total. The SMILES string of the molecule is COC(CN)C(=O)Nc1nccnn1. The number of carbonyl (C=O) groups is 1. The van der Waals surface area contributed by atoms with Crippen molar-refractivity contribution in [1.29, 1.82) is 0 Å². The summed E-state index contributed by atoms with van der Waals surface area (Å²) in [6.07, 6.45) is 2.14. The van der Waals surface area contributed by atoms with Gasteiger partial charge in [0.2, 0.25) is 5.95 Å². The van der Waals surface area contributed by atoms with E-state index < -0.39 is 6.10 Å². The summed E-state index contributed by atoms with van der Waals surface area (Å²) in [4.78, 5) is 15.1. The van der Waals surface area contributed by atoms with E-state index in [1.807, 2.05) is 0 Å². The van der Waals surface area contributed by atoms with Crippen LogP contribution in [0.5, 0.6) is 0 Å². The van der Waals surface area contributed by atoms with Gasteiger partial charge in [-0.3, -0.25) is 10.1 Å². The third-order valence-electron chi connectivity index (χ3n) is 1.51. The fraction of sp³-hybridized carbons (Fsp3) is 0.429. The number of methoxy groups -OCH3 is 1. The minimum atomic E-state index is -0.696. The van der Waals surface area contributed by atoms with Crippen LogP contribution in [0.15, 0.2) is 12.4 Å². The van der Waals surface area contributed by atoms with Crippen molar-refractivity contribution in [3.05, 3.63) is 12.4 Å². The van der Waals surface area contributed by atoms with Gasteiger partial charge >= 0.3 is 0 Å². The highest BCUT2D eigenvalue weighted by Crippen LogP contribution is 1.95. The Bertz CT molecular complexity index is 287. The van der Waals surface area contributed by atoms with Gasteiger partial charge in [0.1, 0.15) is 6.10 Å². The van der Waals surface area contributed by atoms with E-state index in [0.717, 1.165) is 0 Å². The molecule has 1 rings (SSSR count). The molecule has 3 N–H and O–H groups in total. The van der Waals surface area contributed by atoms with Crippen LogP contribution in [-0.2, 0) is 9.53 Å². The minimum absolute atomic E-state index is 0.0998. The molecule has 0 spiro atoms. The molecule has 7 heteroatoms. The molecule has 14 heavy (non-hydrogen) atoms. The summed E-state index contributed by atoms with van der Waals surface area (Å²) < 4.78 is 4.82. The molecule has 0 saturated heterocycles. The summed E-state index contributed by atoms with van der Waals surface area (Å²) in [7, 11) is 1.40. The van der Waals surface area contributed by atoms with Crippen LogP contribution in [0.2, 0.25) is 0 Å². The summed E-state index contributed by atoms with van der Waals surface area (Å²) in [5.74, 6) is -0.254. The van der Waals surface area contributed by atoms with Crippen molar-refractivity contribution in [3.63, 3.8) is 0 Å². The van der Waals surface area contributed by atoms with Crippen LogP contribution in [0.25, 0.3) is 0 Å². The molecule has 1 atom stereocenters. The largest absolute Gasteiger partial charge is 0.370 e. The lowest BCUT2D eigenvalue weighted by Crippen LogP contribution is -2.36. The van der Waals surface area contributed by atoms with Crippen LogP contribution in [0, 0.1) is 0 Å². The molecule has 0 radical (unpaired) electrons. The molecule has 0 fully saturated rings. The molecule has 0 bridgehead atoms. The summed E-state index contributed by atoms with van der Waals surface area (Å²) in [6.45, 7) is 0.0998. The number of nitrogens with zero attached hydrogens (tertiary/aromatic N) is 3. The first kappa shape index (κ1) is 10.5. The maximum absolute atomic E-state index is 11.4. The molecule has 1 amide bonds. The maximum Gasteiger partial charge on any atom is 0.257 e. The van der Waals surface area contributed by atoms with Gasteiger partial charge in [0, 0.05) is 13.7 Å². The summed E-state index contributed by atoms with van der Waals surface area (Å²) >= 11 is 0. The van der Waals surface area contributed by atoms with Gasteiger partial charge in [-0.15, -0.1) is 5.10 Å². The third kappa shape index (κ3) is 2.71. The average molecular weight is 197 g/mol. The van der Waals surface area contributed by atoms with E-state index in [1.54, 1.807) is 0 Å².